The van der Waals surface area contributed by atoms with E-state index in [1.165, 1.54) is 10.6 Å². The van der Waals surface area contributed by atoms with Crippen LogP contribution in [-0.4, -0.2) is 55.9 Å². The average molecular weight is 371 g/mol. The van der Waals surface area contributed by atoms with Gasteiger partial charge in [-0.3, -0.25) is 14.2 Å². The van der Waals surface area contributed by atoms with Crippen molar-refractivity contribution in [3.8, 4) is 0 Å². The van der Waals surface area contributed by atoms with Crippen molar-refractivity contribution < 1.29 is 9.53 Å². The summed E-state index contributed by atoms with van der Waals surface area (Å²) in [5, 5.41) is 2.84. The molecule has 1 N–H and O–H groups in total. The van der Waals surface area contributed by atoms with Crippen molar-refractivity contribution in [2.45, 2.75) is 13.5 Å². The van der Waals surface area contributed by atoms with Crippen molar-refractivity contribution in [1.82, 2.24) is 9.55 Å². The van der Waals surface area contributed by atoms with E-state index in [0.717, 1.165) is 5.69 Å². The minimum absolute atomic E-state index is 0.0891. The van der Waals surface area contributed by atoms with E-state index in [2.05, 4.69) is 10.3 Å². The molecule has 8 nitrogen and oxygen atoms in total. The third kappa shape index (κ3) is 4.65. The van der Waals surface area contributed by atoms with Gasteiger partial charge in [-0.2, -0.15) is 0 Å². The predicted octanol–water partition coefficient (Wildman–Crippen LogP) is 1.09. The number of amides is 1. The summed E-state index contributed by atoms with van der Waals surface area (Å²) < 4.78 is 6.79. The summed E-state index contributed by atoms with van der Waals surface area (Å²) >= 11 is 0. The highest BCUT2D eigenvalue weighted by atomic mass is 16.5. The third-order valence-electron chi connectivity index (χ3n) is 4.38. The number of benzene rings is 1. The molecule has 2 heterocycles. The maximum atomic E-state index is 12.5. The molecule has 0 aliphatic carbocycles. The molecule has 0 unspecified atom stereocenters. The molecule has 0 spiro atoms. The van der Waals surface area contributed by atoms with Crippen LogP contribution in [0.5, 0.6) is 0 Å². The number of nitrogens with zero attached hydrogens (tertiary/aromatic N) is 4. The van der Waals surface area contributed by atoms with Gasteiger partial charge in [0.15, 0.2) is 0 Å². The number of nitrogens with one attached hydrogen (secondary N) is 1. The summed E-state index contributed by atoms with van der Waals surface area (Å²) in [6.45, 7) is 4.13. The summed E-state index contributed by atoms with van der Waals surface area (Å²) in [6.07, 6.45) is 0. The number of aryl methyl sites for hydroxylation is 1. The van der Waals surface area contributed by atoms with E-state index in [-0.39, 0.29) is 18.0 Å². The van der Waals surface area contributed by atoms with Crippen LogP contribution in [0.25, 0.3) is 0 Å². The van der Waals surface area contributed by atoms with Crippen molar-refractivity contribution >= 4 is 23.2 Å². The number of aromatic nitrogens is 2. The first-order valence-electron chi connectivity index (χ1n) is 8.92. The number of morpholine rings is 1. The van der Waals surface area contributed by atoms with Gasteiger partial charge in [-0.25, -0.2) is 4.98 Å². The quantitative estimate of drug-likeness (QED) is 0.848. The van der Waals surface area contributed by atoms with Crippen molar-refractivity contribution in [2.75, 3.05) is 55.5 Å². The molecule has 2 aromatic rings. The Morgan fingerprint density at radius 1 is 1.22 bits per heavy atom. The Kier molecular flexibility index (Phi) is 5.75. The fraction of sp³-hybridized carbons (Fsp3) is 0.421. The Morgan fingerprint density at radius 2 is 1.89 bits per heavy atom. The molecule has 1 aromatic heterocycles. The van der Waals surface area contributed by atoms with Gasteiger partial charge in [-0.05, 0) is 31.2 Å². The molecule has 8 heteroatoms. The van der Waals surface area contributed by atoms with Gasteiger partial charge >= 0.3 is 0 Å². The molecule has 0 saturated carbocycles. The van der Waals surface area contributed by atoms with Crippen LogP contribution >= 0.6 is 0 Å². The van der Waals surface area contributed by atoms with Gasteiger partial charge in [0.25, 0.3) is 5.56 Å². The van der Waals surface area contributed by atoms with Crippen LogP contribution in [0, 0.1) is 6.92 Å². The number of carbonyl (C=O) groups is 1. The number of hydrogen-bond acceptors (Lipinski definition) is 6. The van der Waals surface area contributed by atoms with Crippen molar-refractivity contribution in [2.24, 2.45) is 0 Å². The summed E-state index contributed by atoms with van der Waals surface area (Å²) in [6, 6.07) is 8.98. The van der Waals surface area contributed by atoms with Crippen LogP contribution < -0.4 is 20.7 Å². The summed E-state index contributed by atoms with van der Waals surface area (Å²) in [7, 11) is 3.91. The topological polar surface area (TPSA) is 79.7 Å². The molecule has 0 atom stereocenters. The molecule has 0 bridgehead atoms. The van der Waals surface area contributed by atoms with Gasteiger partial charge in [0.05, 0.1) is 13.2 Å². The molecule has 1 amide bonds. The Labute approximate surface area is 158 Å². The molecular formula is C19H25N5O3. The number of hydrogen-bond donors (Lipinski definition) is 1. The Bertz CT molecular complexity index is 855. The minimum atomic E-state index is -0.269. The van der Waals surface area contributed by atoms with E-state index in [4.69, 9.17) is 4.74 Å². The van der Waals surface area contributed by atoms with Gasteiger partial charge in [0.2, 0.25) is 11.9 Å². The molecule has 1 aliphatic heterocycles. The molecule has 1 aliphatic rings. The van der Waals surface area contributed by atoms with Gasteiger partial charge in [0, 0.05) is 50.3 Å². The number of carbonyl (C=O) groups excluding carboxylic acids is 1. The van der Waals surface area contributed by atoms with Crippen molar-refractivity contribution in [3.05, 3.63) is 46.4 Å². The van der Waals surface area contributed by atoms with E-state index >= 15 is 0 Å². The Hall–Kier alpha value is -2.87. The van der Waals surface area contributed by atoms with Gasteiger partial charge in [-0.15, -0.1) is 0 Å². The zero-order chi connectivity index (χ0) is 19.4. The van der Waals surface area contributed by atoms with Crippen LogP contribution in [0.3, 0.4) is 0 Å². The Balaban J connectivity index is 1.77. The van der Waals surface area contributed by atoms with E-state index < -0.39 is 0 Å². The molecule has 1 saturated heterocycles. The van der Waals surface area contributed by atoms with E-state index in [9.17, 15) is 9.59 Å². The standard InChI is InChI=1S/C19H25N5O3/c1-14-12-18(26)24(19(20-14)23-8-10-27-11-9-23)13-17(25)21-15-4-6-16(7-5-15)22(2)3/h4-7,12H,8-11,13H2,1-3H3,(H,21,25). The normalized spacial score (nSPS) is 14.1. The van der Waals surface area contributed by atoms with Crippen LogP contribution in [0.15, 0.2) is 35.1 Å². The predicted molar refractivity (Wildman–Crippen MR) is 106 cm³/mol. The minimum Gasteiger partial charge on any atom is -0.378 e. The average Bonchev–Trinajstić information content (AvgIpc) is 2.65. The second-order valence-electron chi connectivity index (χ2n) is 6.71. The molecule has 3 rings (SSSR count). The lowest BCUT2D eigenvalue weighted by Gasteiger charge is -2.29. The smallest absolute Gasteiger partial charge is 0.255 e. The molecule has 1 aromatic carbocycles. The molecule has 27 heavy (non-hydrogen) atoms. The number of ether oxygens (including phenoxy) is 1. The maximum absolute atomic E-state index is 12.5. The first-order valence-corrected chi connectivity index (χ1v) is 8.92. The second kappa shape index (κ2) is 8.22. The van der Waals surface area contributed by atoms with E-state index in [0.29, 0.717) is 43.6 Å². The van der Waals surface area contributed by atoms with E-state index in [1.807, 2.05) is 48.2 Å². The van der Waals surface area contributed by atoms with Crippen LogP contribution in [0.1, 0.15) is 5.69 Å². The lowest BCUT2D eigenvalue weighted by atomic mass is 10.2. The van der Waals surface area contributed by atoms with Gasteiger partial charge in [-0.1, -0.05) is 0 Å². The fourth-order valence-corrected chi connectivity index (χ4v) is 2.95. The van der Waals surface area contributed by atoms with Gasteiger partial charge < -0.3 is 19.9 Å². The lowest BCUT2D eigenvalue weighted by Crippen LogP contribution is -2.41. The zero-order valence-corrected chi connectivity index (χ0v) is 15.9. The van der Waals surface area contributed by atoms with Crippen LogP contribution in [0.2, 0.25) is 0 Å². The summed E-state index contributed by atoms with van der Waals surface area (Å²) in [4.78, 5) is 33.5. The van der Waals surface area contributed by atoms with E-state index in [1.54, 1.807) is 6.92 Å². The summed E-state index contributed by atoms with van der Waals surface area (Å²) in [5.74, 6) is 0.247. The first kappa shape index (κ1) is 18.9. The molecular weight excluding hydrogens is 346 g/mol. The number of anilines is 3. The second-order valence-corrected chi connectivity index (χ2v) is 6.71. The Morgan fingerprint density at radius 3 is 2.52 bits per heavy atom. The third-order valence-corrected chi connectivity index (χ3v) is 4.38. The highest BCUT2D eigenvalue weighted by Crippen LogP contribution is 2.16. The molecule has 144 valence electrons. The fourth-order valence-electron chi connectivity index (χ4n) is 2.95. The highest BCUT2D eigenvalue weighted by molar-refractivity contribution is 5.90. The monoisotopic (exact) mass is 371 g/mol. The summed E-state index contributed by atoms with van der Waals surface area (Å²) in [5.41, 5.74) is 2.13. The number of rotatable bonds is 5. The van der Waals surface area contributed by atoms with Crippen molar-refractivity contribution in [1.29, 1.82) is 0 Å². The van der Waals surface area contributed by atoms with Crippen molar-refractivity contribution in [3.63, 3.8) is 0 Å². The van der Waals surface area contributed by atoms with Crippen LogP contribution in [0.4, 0.5) is 17.3 Å². The lowest BCUT2D eigenvalue weighted by molar-refractivity contribution is -0.116. The zero-order valence-electron chi connectivity index (χ0n) is 15.9. The largest absolute Gasteiger partial charge is 0.378 e. The van der Waals surface area contributed by atoms with Crippen LogP contribution in [-0.2, 0) is 16.1 Å². The first-order chi connectivity index (χ1) is 12.9. The molecule has 1 fully saturated rings. The highest BCUT2D eigenvalue weighted by Gasteiger charge is 2.19. The SMILES string of the molecule is Cc1cc(=O)n(CC(=O)Nc2ccc(N(C)C)cc2)c(N2CCOCC2)n1. The maximum Gasteiger partial charge on any atom is 0.255 e. The van der Waals surface area contributed by atoms with Gasteiger partial charge in [0.1, 0.15) is 6.54 Å². The molecule has 0 radical (unpaired) electrons.